The molecule has 5 nitrogen and oxygen atoms in total. The number of rotatable bonds is 5. The normalized spacial score (nSPS) is 11.0. The fraction of sp³-hybridized carbons (Fsp3) is 0.172. The third-order valence-electron chi connectivity index (χ3n) is 5.77. The highest BCUT2D eigenvalue weighted by Crippen LogP contribution is 2.32. The summed E-state index contributed by atoms with van der Waals surface area (Å²) in [4.78, 5) is 24.8. The number of carbonyl (C=O) groups excluding carboxylic acids is 1. The van der Waals surface area contributed by atoms with Crippen LogP contribution in [0.1, 0.15) is 31.9 Å². The quantitative estimate of drug-likeness (QED) is 0.379. The van der Waals surface area contributed by atoms with Crippen LogP contribution in [0.25, 0.3) is 33.8 Å². The molecule has 0 bridgehead atoms. The second kappa shape index (κ2) is 9.29. The van der Waals surface area contributed by atoms with Gasteiger partial charge < -0.3 is 5.32 Å². The van der Waals surface area contributed by atoms with Gasteiger partial charge in [-0.15, -0.1) is 6.42 Å². The minimum Gasteiger partial charge on any atom is -0.311 e. The Hall–Kier alpha value is -4.30. The van der Waals surface area contributed by atoms with E-state index in [9.17, 15) is 4.79 Å². The van der Waals surface area contributed by atoms with Crippen LogP contribution in [-0.2, 0) is 10.2 Å². The summed E-state index contributed by atoms with van der Waals surface area (Å²) in [7, 11) is 0. The Bertz CT molecular complexity index is 1420. The van der Waals surface area contributed by atoms with Crippen LogP contribution in [0, 0.1) is 19.3 Å². The molecular formula is C29H26N4O. The first-order chi connectivity index (χ1) is 16.3. The zero-order chi connectivity index (χ0) is 24.3. The summed E-state index contributed by atoms with van der Waals surface area (Å²) in [5, 5.41) is 2.70. The van der Waals surface area contributed by atoms with E-state index < -0.39 is 0 Å². The van der Waals surface area contributed by atoms with Crippen LogP contribution in [0.5, 0.6) is 0 Å². The standard InChI is InChI=1S/C29H26N4O/c1-6-29(4,5)24-9-7-8-21(16-24)22-11-10-19(2)25(17-22)26-13-15-31-28(33-26)23-12-14-30-27(18-23)32-20(3)34/h1,7-18H,2-5H3,(H,30,32,34). The minimum atomic E-state index is -0.342. The number of anilines is 1. The highest BCUT2D eigenvalue weighted by Gasteiger charge is 2.18. The predicted octanol–water partition coefficient (Wildman–Crippen LogP) is 6.05. The van der Waals surface area contributed by atoms with E-state index in [2.05, 4.69) is 64.5 Å². The van der Waals surface area contributed by atoms with E-state index in [-0.39, 0.29) is 11.3 Å². The van der Waals surface area contributed by atoms with Crippen LogP contribution in [0.4, 0.5) is 5.82 Å². The third kappa shape index (κ3) is 4.87. The first-order valence-corrected chi connectivity index (χ1v) is 11.0. The van der Waals surface area contributed by atoms with Crippen molar-refractivity contribution >= 4 is 11.7 Å². The van der Waals surface area contributed by atoms with Gasteiger partial charge in [0.1, 0.15) is 5.82 Å². The molecule has 168 valence electrons. The van der Waals surface area contributed by atoms with Gasteiger partial charge in [0.2, 0.25) is 5.91 Å². The highest BCUT2D eigenvalue weighted by atomic mass is 16.1. The molecular weight excluding hydrogens is 420 g/mol. The van der Waals surface area contributed by atoms with Crippen molar-refractivity contribution in [1.82, 2.24) is 15.0 Å². The van der Waals surface area contributed by atoms with Gasteiger partial charge >= 0.3 is 0 Å². The maximum absolute atomic E-state index is 11.4. The largest absolute Gasteiger partial charge is 0.311 e. The maximum Gasteiger partial charge on any atom is 0.222 e. The number of benzene rings is 2. The number of aryl methyl sites for hydroxylation is 1. The molecule has 2 heterocycles. The van der Waals surface area contributed by atoms with E-state index >= 15 is 0 Å². The van der Waals surface area contributed by atoms with Crippen molar-refractivity contribution in [3.05, 3.63) is 84.2 Å². The zero-order valence-electron chi connectivity index (χ0n) is 19.8. The van der Waals surface area contributed by atoms with Crippen molar-refractivity contribution in [1.29, 1.82) is 0 Å². The summed E-state index contributed by atoms with van der Waals surface area (Å²) in [5.41, 5.74) is 6.69. The molecule has 0 saturated carbocycles. The molecule has 2 aromatic carbocycles. The van der Waals surface area contributed by atoms with Crippen molar-refractivity contribution < 1.29 is 4.79 Å². The molecule has 0 spiro atoms. The molecule has 4 aromatic rings. The number of terminal acetylenes is 1. The number of pyridine rings is 1. The van der Waals surface area contributed by atoms with Crippen LogP contribution in [0.3, 0.4) is 0 Å². The van der Waals surface area contributed by atoms with Crippen molar-refractivity contribution in [2.24, 2.45) is 0 Å². The number of nitrogens with one attached hydrogen (secondary N) is 1. The SMILES string of the molecule is C#CC(C)(C)c1cccc(-c2ccc(C)c(-c3ccnc(-c4ccnc(NC(C)=O)c4)n3)c2)c1. The number of hydrogen-bond donors (Lipinski definition) is 1. The van der Waals surface area contributed by atoms with Gasteiger partial charge in [-0.3, -0.25) is 4.79 Å². The van der Waals surface area contributed by atoms with Gasteiger partial charge in [0, 0.05) is 30.4 Å². The summed E-state index contributed by atoms with van der Waals surface area (Å²) in [6.45, 7) is 7.61. The van der Waals surface area contributed by atoms with Gasteiger partial charge in [0.25, 0.3) is 0 Å². The lowest BCUT2D eigenvalue weighted by Gasteiger charge is -2.19. The number of nitrogens with zero attached hydrogens (tertiary/aromatic N) is 3. The smallest absolute Gasteiger partial charge is 0.222 e. The second-order valence-corrected chi connectivity index (χ2v) is 8.76. The fourth-order valence-electron chi connectivity index (χ4n) is 3.71. The Balaban J connectivity index is 1.74. The molecule has 1 N–H and O–H groups in total. The Labute approximate surface area is 200 Å². The first kappa shape index (κ1) is 22.9. The number of carbonyl (C=O) groups is 1. The number of hydrogen-bond acceptors (Lipinski definition) is 4. The van der Waals surface area contributed by atoms with Crippen LogP contribution >= 0.6 is 0 Å². The van der Waals surface area contributed by atoms with Gasteiger partial charge in [-0.2, -0.15) is 0 Å². The van der Waals surface area contributed by atoms with Crippen molar-refractivity contribution in [2.45, 2.75) is 33.1 Å². The second-order valence-electron chi connectivity index (χ2n) is 8.76. The van der Waals surface area contributed by atoms with Gasteiger partial charge in [0.05, 0.1) is 11.1 Å². The molecule has 0 aliphatic heterocycles. The highest BCUT2D eigenvalue weighted by molar-refractivity contribution is 5.88. The van der Waals surface area contributed by atoms with E-state index in [0.29, 0.717) is 11.6 Å². The Morgan fingerprint density at radius 1 is 0.941 bits per heavy atom. The molecule has 1 amide bonds. The van der Waals surface area contributed by atoms with E-state index in [1.807, 2.05) is 32.0 Å². The van der Waals surface area contributed by atoms with E-state index in [1.54, 1.807) is 18.5 Å². The van der Waals surface area contributed by atoms with E-state index in [4.69, 9.17) is 11.4 Å². The fourth-order valence-corrected chi connectivity index (χ4v) is 3.71. The minimum absolute atomic E-state index is 0.179. The Morgan fingerprint density at radius 2 is 1.71 bits per heavy atom. The molecule has 0 radical (unpaired) electrons. The lowest BCUT2D eigenvalue weighted by molar-refractivity contribution is -0.114. The summed E-state index contributed by atoms with van der Waals surface area (Å²) >= 11 is 0. The van der Waals surface area contributed by atoms with Crippen molar-refractivity contribution in [3.63, 3.8) is 0 Å². The summed E-state index contributed by atoms with van der Waals surface area (Å²) in [5.74, 6) is 3.72. The van der Waals surface area contributed by atoms with Crippen LogP contribution < -0.4 is 5.32 Å². The van der Waals surface area contributed by atoms with E-state index in [0.717, 1.165) is 39.1 Å². The summed E-state index contributed by atoms with van der Waals surface area (Å²) in [6, 6.07) is 20.2. The first-order valence-electron chi connectivity index (χ1n) is 11.0. The molecule has 0 saturated heterocycles. The molecule has 0 unspecified atom stereocenters. The molecule has 34 heavy (non-hydrogen) atoms. The topological polar surface area (TPSA) is 67.8 Å². The molecule has 2 aromatic heterocycles. The summed E-state index contributed by atoms with van der Waals surface area (Å²) in [6.07, 6.45) is 9.13. The van der Waals surface area contributed by atoms with Gasteiger partial charge in [0.15, 0.2) is 5.82 Å². The molecule has 5 heteroatoms. The Kier molecular flexibility index (Phi) is 6.25. The monoisotopic (exact) mass is 446 g/mol. The van der Waals surface area contributed by atoms with Crippen LogP contribution in [0.2, 0.25) is 0 Å². The van der Waals surface area contributed by atoms with Crippen molar-refractivity contribution in [2.75, 3.05) is 5.32 Å². The van der Waals surface area contributed by atoms with E-state index in [1.165, 1.54) is 6.92 Å². The van der Waals surface area contributed by atoms with Gasteiger partial charge in [-0.1, -0.05) is 36.3 Å². The van der Waals surface area contributed by atoms with Gasteiger partial charge in [-0.05, 0) is 73.4 Å². The van der Waals surface area contributed by atoms with Crippen LogP contribution in [-0.4, -0.2) is 20.9 Å². The molecule has 0 aliphatic rings. The predicted molar refractivity (Wildman–Crippen MR) is 137 cm³/mol. The Morgan fingerprint density at radius 3 is 2.47 bits per heavy atom. The molecule has 4 rings (SSSR count). The average Bonchev–Trinajstić information content (AvgIpc) is 2.84. The lowest BCUT2D eigenvalue weighted by Crippen LogP contribution is -2.13. The molecule has 0 atom stereocenters. The summed E-state index contributed by atoms with van der Waals surface area (Å²) < 4.78 is 0. The van der Waals surface area contributed by atoms with Crippen LogP contribution in [0.15, 0.2) is 73.1 Å². The van der Waals surface area contributed by atoms with Gasteiger partial charge in [-0.25, -0.2) is 15.0 Å². The van der Waals surface area contributed by atoms with Crippen molar-refractivity contribution in [3.8, 4) is 46.1 Å². The lowest BCUT2D eigenvalue weighted by atomic mass is 9.84. The molecule has 0 fully saturated rings. The average molecular weight is 447 g/mol. The number of aromatic nitrogens is 3. The maximum atomic E-state index is 11.4. The zero-order valence-corrected chi connectivity index (χ0v) is 19.8. The number of amides is 1. The molecule has 0 aliphatic carbocycles. The third-order valence-corrected chi connectivity index (χ3v) is 5.77.